The lowest BCUT2D eigenvalue weighted by Crippen LogP contribution is -2.07. The van der Waals surface area contributed by atoms with E-state index >= 15 is 0 Å². The molecule has 3 aromatic rings. The predicted octanol–water partition coefficient (Wildman–Crippen LogP) is 5.02. The van der Waals surface area contributed by atoms with E-state index in [-0.39, 0.29) is 17.8 Å². The molecule has 5 heteroatoms. The van der Waals surface area contributed by atoms with Crippen molar-refractivity contribution in [2.45, 2.75) is 20.5 Å². The van der Waals surface area contributed by atoms with E-state index in [2.05, 4.69) is 6.07 Å². The Morgan fingerprint density at radius 3 is 2.34 bits per heavy atom. The van der Waals surface area contributed by atoms with Gasteiger partial charge in [-0.15, -0.1) is 0 Å². The summed E-state index contributed by atoms with van der Waals surface area (Å²) in [5.41, 5.74) is 3.90. The van der Waals surface area contributed by atoms with E-state index in [1.54, 1.807) is 20.3 Å². The first-order valence-corrected chi connectivity index (χ1v) is 9.22. The lowest BCUT2D eigenvalue weighted by molar-refractivity contribution is 0.291. The van der Waals surface area contributed by atoms with Crippen molar-refractivity contribution in [3.8, 4) is 17.2 Å². The zero-order chi connectivity index (χ0) is 20.8. The van der Waals surface area contributed by atoms with Gasteiger partial charge in [0, 0.05) is 6.07 Å². The number of ether oxygens (including phenoxy) is 3. The smallest absolute Gasteiger partial charge is 0.227 e. The first-order chi connectivity index (χ1) is 14.0. The minimum absolute atomic E-state index is 0.172. The molecule has 0 saturated carbocycles. The fraction of sp³-hybridized carbons (Fsp3) is 0.208. The molecule has 0 aliphatic carbocycles. The van der Waals surface area contributed by atoms with Gasteiger partial charge in [0.15, 0.2) is 0 Å². The van der Waals surface area contributed by atoms with Crippen LogP contribution in [0.25, 0.3) is 12.2 Å². The highest BCUT2D eigenvalue weighted by Crippen LogP contribution is 2.24. The van der Waals surface area contributed by atoms with Crippen molar-refractivity contribution in [3.05, 3.63) is 87.0 Å². The van der Waals surface area contributed by atoms with Gasteiger partial charge >= 0.3 is 0 Å². The highest BCUT2D eigenvalue weighted by Gasteiger charge is 2.06. The number of hydrogen-bond acceptors (Lipinski definition) is 5. The van der Waals surface area contributed by atoms with Crippen LogP contribution < -0.4 is 19.6 Å². The van der Waals surface area contributed by atoms with Crippen LogP contribution in [-0.2, 0) is 6.61 Å². The Kier molecular flexibility index (Phi) is 6.39. The van der Waals surface area contributed by atoms with E-state index in [4.69, 9.17) is 18.6 Å². The van der Waals surface area contributed by atoms with E-state index in [1.165, 1.54) is 12.3 Å². The molecule has 0 radical (unpaired) electrons. The highest BCUT2D eigenvalue weighted by atomic mass is 16.5. The molecule has 0 amide bonds. The summed E-state index contributed by atoms with van der Waals surface area (Å²) in [6.45, 7) is 4.32. The molecule has 2 aromatic carbocycles. The van der Waals surface area contributed by atoms with Gasteiger partial charge in [-0.25, -0.2) is 0 Å². The molecule has 0 aliphatic heterocycles. The Morgan fingerprint density at radius 2 is 1.69 bits per heavy atom. The Bertz CT molecular complexity index is 1060. The van der Waals surface area contributed by atoms with Gasteiger partial charge < -0.3 is 18.6 Å². The maximum atomic E-state index is 12.3. The zero-order valence-corrected chi connectivity index (χ0v) is 17.0. The molecule has 0 aliphatic rings. The second-order valence-corrected chi connectivity index (χ2v) is 6.65. The first-order valence-electron chi connectivity index (χ1n) is 9.22. The van der Waals surface area contributed by atoms with Gasteiger partial charge in [0.2, 0.25) is 11.2 Å². The highest BCUT2D eigenvalue weighted by molar-refractivity contribution is 5.69. The summed E-state index contributed by atoms with van der Waals surface area (Å²) < 4.78 is 21.6. The summed E-state index contributed by atoms with van der Waals surface area (Å²) >= 11 is 0. The summed E-state index contributed by atoms with van der Waals surface area (Å²) in [6.07, 6.45) is 4.97. The summed E-state index contributed by atoms with van der Waals surface area (Å²) in [7, 11) is 3.27. The van der Waals surface area contributed by atoms with Crippen molar-refractivity contribution in [2.75, 3.05) is 14.2 Å². The first kappa shape index (κ1) is 20.3. The number of aryl methyl sites for hydroxylation is 1. The van der Waals surface area contributed by atoms with Crippen molar-refractivity contribution in [1.82, 2.24) is 0 Å². The third-order valence-electron chi connectivity index (χ3n) is 4.67. The second-order valence-electron chi connectivity index (χ2n) is 6.65. The molecular formula is C24H24O5. The van der Waals surface area contributed by atoms with E-state index < -0.39 is 0 Å². The SMILES string of the molecule is COc1ccc(COc2coc(/C=C/c3cc(C)c(C)c(OC)c3)cc2=O)cc1. The summed E-state index contributed by atoms with van der Waals surface area (Å²) in [4.78, 5) is 12.3. The van der Waals surface area contributed by atoms with Crippen LogP contribution in [0.1, 0.15) is 28.0 Å². The van der Waals surface area contributed by atoms with Crippen LogP contribution in [0.5, 0.6) is 17.2 Å². The maximum Gasteiger partial charge on any atom is 0.227 e. The molecule has 0 N–H and O–H groups in total. The molecule has 0 unspecified atom stereocenters. The molecule has 0 saturated heterocycles. The molecular weight excluding hydrogens is 368 g/mol. The number of hydrogen-bond donors (Lipinski definition) is 0. The fourth-order valence-corrected chi connectivity index (χ4v) is 2.83. The molecule has 1 aromatic heterocycles. The third kappa shape index (κ3) is 5.08. The summed E-state index contributed by atoms with van der Waals surface area (Å²) in [5.74, 6) is 2.22. The quantitative estimate of drug-likeness (QED) is 0.565. The van der Waals surface area contributed by atoms with Gasteiger partial charge in [-0.2, -0.15) is 0 Å². The molecule has 150 valence electrons. The van der Waals surface area contributed by atoms with E-state index in [0.29, 0.717) is 5.76 Å². The van der Waals surface area contributed by atoms with Crippen molar-refractivity contribution < 1.29 is 18.6 Å². The van der Waals surface area contributed by atoms with Crippen LogP contribution in [0.3, 0.4) is 0 Å². The molecule has 0 spiro atoms. The topological polar surface area (TPSA) is 57.9 Å². The number of rotatable bonds is 7. The van der Waals surface area contributed by atoms with Gasteiger partial charge in [-0.3, -0.25) is 4.79 Å². The Morgan fingerprint density at radius 1 is 0.931 bits per heavy atom. The molecule has 3 rings (SSSR count). The van der Waals surface area contributed by atoms with E-state index in [1.807, 2.05) is 50.3 Å². The van der Waals surface area contributed by atoms with Gasteiger partial charge in [-0.05, 0) is 60.4 Å². The molecule has 0 fully saturated rings. The number of benzene rings is 2. The standard InChI is InChI=1S/C24H24O5/c1-16-11-19(12-23(27-4)17(16)2)7-10-21-13-22(25)24(15-28-21)29-14-18-5-8-20(26-3)9-6-18/h5-13,15H,14H2,1-4H3/b10-7+. The van der Waals surface area contributed by atoms with E-state index in [9.17, 15) is 4.79 Å². The maximum absolute atomic E-state index is 12.3. The van der Waals surface area contributed by atoms with Gasteiger partial charge in [0.1, 0.15) is 30.1 Å². The summed E-state index contributed by atoms with van der Waals surface area (Å²) in [6, 6.07) is 12.9. The Labute approximate surface area is 170 Å². The average molecular weight is 392 g/mol. The van der Waals surface area contributed by atoms with Crippen LogP contribution in [0.2, 0.25) is 0 Å². The van der Waals surface area contributed by atoms with E-state index in [0.717, 1.165) is 33.8 Å². The Balaban J connectivity index is 1.69. The van der Waals surface area contributed by atoms with Crippen LogP contribution in [0.15, 0.2) is 57.9 Å². The Hall–Kier alpha value is -3.47. The van der Waals surface area contributed by atoms with Crippen LogP contribution in [0.4, 0.5) is 0 Å². The molecule has 1 heterocycles. The van der Waals surface area contributed by atoms with Gasteiger partial charge in [0.05, 0.1) is 14.2 Å². The predicted molar refractivity (Wildman–Crippen MR) is 114 cm³/mol. The van der Waals surface area contributed by atoms with Crippen molar-refractivity contribution in [1.29, 1.82) is 0 Å². The molecule has 5 nitrogen and oxygen atoms in total. The zero-order valence-electron chi connectivity index (χ0n) is 17.0. The molecule has 29 heavy (non-hydrogen) atoms. The van der Waals surface area contributed by atoms with Gasteiger partial charge in [-0.1, -0.05) is 24.3 Å². The largest absolute Gasteiger partial charge is 0.497 e. The lowest BCUT2D eigenvalue weighted by Gasteiger charge is -2.09. The normalized spacial score (nSPS) is 10.9. The lowest BCUT2D eigenvalue weighted by atomic mass is 10.0. The van der Waals surface area contributed by atoms with Crippen molar-refractivity contribution in [3.63, 3.8) is 0 Å². The minimum Gasteiger partial charge on any atom is -0.497 e. The third-order valence-corrected chi connectivity index (χ3v) is 4.67. The van der Waals surface area contributed by atoms with Crippen LogP contribution in [0, 0.1) is 13.8 Å². The monoisotopic (exact) mass is 392 g/mol. The average Bonchev–Trinajstić information content (AvgIpc) is 2.74. The summed E-state index contributed by atoms with van der Waals surface area (Å²) in [5, 5.41) is 0. The van der Waals surface area contributed by atoms with Crippen molar-refractivity contribution >= 4 is 12.2 Å². The minimum atomic E-state index is -0.234. The van der Waals surface area contributed by atoms with Crippen molar-refractivity contribution in [2.24, 2.45) is 0 Å². The van der Waals surface area contributed by atoms with Crippen LogP contribution >= 0.6 is 0 Å². The van der Waals surface area contributed by atoms with Gasteiger partial charge in [0.25, 0.3) is 0 Å². The fourth-order valence-electron chi connectivity index (χ4n) is 2.83. The molecule has 0 bridgehead atoms. The second kappa shape index (κ2) is 9.15. The van der Waals surface area contributed by atoms with Crippen LogP contribution in [-0.4, -0.2) is 14.2 Å². The number of methoxy groups -OCH3 is 2. The molecule has 0 atom stereocenters.